The Morgan fingerprint density at radius 2 is 2.04 bits per heavy atom. The van der Waals surface area contributed by atoms with Crippen LogP contribution in [0.4, 0.5) is 0 Å². The number of amides is 1. The van der Waals surface area contributed by atoms with Crippen LogP contribution in [0, 0.1) is 5.92 Å². The summed E-state index contributed by atoms with van der Waals surface area (Å²) in [4.78, 5) is 12.0. The van der Waals surface area contributed by atoms with E-state index in [1.807, 2.05) is 34.9 Å². The van der Waals surface area contributed by atoms with E-state index in [-0.39, 0.29) is 5.91 Å². The van der Waals surface area contributed by atoms with Crippen molar-refractivity contribution in [2.24, 2.45) is 5.92 Å². The van der Waals surface area contributed by atoms with E-state index >= 15 is 0 Å². The second kappa shape index (κ2) is 7.87. The molecule has 6 nitrogen and oxygen atoms in total. The van der Waals surface area contributed by atoms with Gasteiger partial charge >= 0.3 is 0 Å². The quantitative estimate of drug-likeness (QED) is 0.851. The Balaban J connectivity index is 1.49. The number of piperidine rings is 1. The molecule has 1 aromatic heterocycles. The minimum absolute atomic E-state index is 0.0890. The Kier molecular flexibility index (Phi) is 5.37. The molecule has 0 atom stereocenters. The van der Waals surface area contributed by atoms with Crippen molar-refractivity contribution in [1.29, 1.82) is 0 Å². The molecule has 6 heteroatoms. The summed E-state index contributed by atoms with van der Waals surface area (Å²) in [6.45, 7) is 2.55. The smallest absolute Gasteiger partial charge is 0.220 e. The largest absolute Gasteiger partial charge is 0.349 e. The van der Waals surface area contributed by atoms with Gasteiger partial charge in [0.15, 0.2) is 5.82 Å². The third kappa shape index (κ3) is 4.39. The van der Waals surface area contributed by atoms with E-state index in [1.54, 1.807) is 6.33 Å². The van der Waals surface area contributed by atoms with Gasteiger partial charge in [-0.25, -0.2) is 0 Å². The maximum Gasteiger partial charge on any atom is 0.220 e. The van der Waals surface area contributed by atoms with Gasteiger partial charge in [-0.15, -0.1) is 10.2 Å². The van der Waals surface area contributed by atoms with Crippen molar-refractivity contribution >= 4 is 5.91 Å². The fourth-order valence-electron chi connectivity index (χ4n) is 2.96. The predicted octanol–water partition coefficient (Wildman–Crippen LogP) is 1.66. The summed E-state index contributed by atoms with van der Waals surface area (Å²) >= 11 is 0. The highest BCUT2D eigenvalue weighted by Crippen LogP contribution is 2.17. The van der Waals surface area contributed by atoms with Crippen LogP contribution in [-0.4, -0.2) is 33.8 Å². The number of nitrogens with one attached hydrogen (secondary N) is 2. The van der Waals surface area contributed by atoms with Gasteiger partial charge in [-0.1, -0.05) is 18.2 Å². The number of nitrogens with zero attached hydrogens (tertiary/aromatic N) is 3. The lowest BCUT2D eigenvalue weighted by Gasteiger charge is -2.22. The molecule has 2 aromatic rings. The summed E-state index contributed by atoms with van der Waals surface area (Å²) < 4.78 is 1.90. The van der Waals surface area contributed by atoms with Gasteiger partial charge in [0.2, 0.25) is 5.91 Å². The van der Waals surface area contributed by atoms with Crippen molar-refractivity contribution in [3.05, 3.63) is 42.5 Å². The molecule has 122 valence electrons. The first-order chi connectivity index (χ1) is 11.3. The zero-order valence-corrected chi connectivity index (χ0v) is 13.2. The van der Waals surface area contributed by atoms with Gasteiger partial charge in [0, 0.05) is 12.1 Å². The molecule has 2 N–H and O–H groups in total. The van der Waals surface area contributed by atoms with Crippen molar-refractivity contribution in [2.75, 3.05) is 13.1 Å². The van der Waals surface area contributed by atoms with Crippen LogP contribution >= 0.6 is 0 Å². The van der Waals surface area contributed by atoms with Gasteiger partial charge in [0.1, 0.15) is 6.33 Å². The Labute approximate surface area is 136 Å². The van der Waals surface area contributed by atoms with Crippen LogP contribution in [-0.2, 0) is 11.3 Å². The highest BCUT2D eigenvalue weighted by molar-refractivity contribution is 5.75. The zero-order chi connectivity index (χ0) is 15.9. The predicted molar refractivity (Wildman–Crippen MR) is 88.0 cm³/mol. The number of hydrogen-bond donors (Lipinski definition) is 2. The summed E-state index contributed by atoms with van der Waals surface area (Å²) in [5.41, 5.74) is 0.997. The number of para-hydroxylation sites is 1. The molecule has 23 heavy (non-hydrogen) atoms. The highest BCUT2D eigenvalue weighted by atomic mass is 16.1. The fraction of sp³-hybridized carbons (Fsp3) is 0.471. The van der Waals surface area contributed by atoms with Crippen molar-refractivity contribution in [3.8, 4) is 5.69 Å². The highest BCUT2D eigenvalue weighted by Gasteiger charge is 2.15. The number of hydrogen-bond acceptors (Lipinski definition) is 4. The lowest BCUT2D eigenvalue weighted by atomic mass is 9.93. The van der Waals surface area contributed by atoms with Crippen LogP contribution in [0.3, 0.4) is 0 Å². The van der Waals surface area contributed by atoms with Gasteiger partial charge in [-0.3, -0.25) is 9.36 Å². The van der Waals surface area contributed by atoms with E-state index in [0.717, 1.165) is 31.0 Å². The first kappa shape index (κ1) is 15.7. The maximum atomic E-state index is 12.0. The molecule has 3 rings (SSSR count). The minimum Gasteiger partial charge on any atom is -0.349 e. The van der Waals surface area contributed by atoms with Gasteiger partial charge in [0.25, 0.3) is 0 Å². The lowest BCUT2D eigenvalue weighted by molar-refractivity contribution is -0.121. The number of aromatic nitrogens is 3. The maximum absolute atomic E-state index is 12.0. The third-order valence-electron chi connectivity index (χ3n) is 4.33. The van der Waals surface area contributed by atoms with E-state index < -0.39 is 0 Å². The SMILES string of the molecule is O=C(CCC1CCNCC1)NCc1nncn1-c1ccccc1. The lowest BCUT2D eigenvalue weighted by Crippen LogP contribution is -2.29. The van der Waals surface area contributed by atoms with Crippen molar-refractivity contribution in [1.82, 2.24) is 25.4 Å². The molecule has 0 bridgehead atoms. The average Bonchev–Trinajstić information content (AvgIpc) is 3.08. The molecule has 0 unspecified atom stereocenters. The second-order valence-corrected chi connectivity index (χ2v) is 5.96. The first-order valence-electron chi connectivity index (χ1n) is 8.24. The number of carbonyl (C=O) groups excluding carboxylic acids is 1. The van der Waals surface area contributed by atoms with Crippen LogP contribution in [0.1, 0.15) is 31.5 Å². The number of carbonyl (C=O) groups is 1. The summed E-state index contributed by atoms with van der Waals surface area (Å²) in [6, 6.07) is 9.89. The van der Waals surface area contributed by atoms with Crippen LogP contribution < -0.4 is 10.6 Å². The molecule has 0 spiro atoms. The van der Waals surface area contributed by atoms with E-state index in [1.165, 1.54) is 12.8 Å². The first-order valence-corrected chi connectivity index (χ1v) is 8.24. The van der Waals surface area contributed by atoms with Crippen LogP contribution in [0.25, 0.3) is 5.69 Å². The summed E-state index contributed by atoms with van der Waals surface area (Å²) in [7, 11) is 0. The molecule has 1 saturated heterocycles. The van der Waals surface area contributed by atoms with E-state index in [2.05, 4.69) is 20.8 Å². The fourth-order valence-corrected chi connectivity index (χ4v) is 2.96. The molecule has 0 saturated carbocycles. The van der Waals surface area contributed by atoms with Gasteiger partial charge in [0.05, 0.1) is 6.54 Å². The monoisotopic (exact) mass is 313 g/mol. The minimum atomic E-state index is 0.0890. The van der Waals surface area contributed by atoms with Crippen LogP contribution in [0.5, 0.6) is 0 Å². The second-order valence-electron chi connectivity index (χ2n) is 5.96. The molecular weight excluding hydrogens is 290 g/mol. The summed E-state index contributed by atoms with van der Waals surface area (Å²) in [5.74, 6) is 1.51. The van der Waals surface area contributed by atoms with Crippen molar-refractivity contribution < 1.29 is 4.79 Å². The van der Waals surface area contributed by atoms with Crippen LogP contribution in [0.2, 0.25) is 0 Å². The van der Waals surface area contributed by atoms with Gasteiger partial charge in [-0.05, 0) is 50.4 Å². The Morgan fingerprint density at radius 3 is 2.83 bits per heavy atom. The molecule has 1 aliphatic heterocycles. The van der Waals surface area contributed by atoms with Gasteiger partial charge < -0.3 is 10.6 Å². The molecule has 0 aliphatic carbocycles. The Hall–Kier alpha value is -2.21. The molecular formula is C17H23N5O. The normalized spacial score (nSPS) is 15.5. The molecule has 1 aromatic carbocycles. The zero-order valence-electron chi connectivity index (χ0n) is 13.2. The third-order valence-corrected chi connectivity index (χ3v) is 4.33. The van der Waals surface area contributed by atoms with Crippen molar-refractivity contribution in [3.63, 3.8) is 0 Å². The Bertz CT molecular complexity index is 619. The number of benzene rings is 1. The van der Waals surface area contributed by atoms with E-state index in [0.29, 0.717) is 18.9 Å². The molecule has 1 aliphatic rings. The molecule has 0 radical (unpaired) electrons. The molecule has 1 fully saturated rings. The van der Waals surface area contributed by atoms with E-state index in [9.17, 15) is 4.79 Å². The average molecular weight is 313 g/mol. The summed E-state index contributed by atoms with van der Waals surface area (Å²) in [6.07, 6.45) is 5.58. The number of rotatable bonds is 6. The van der Waals surface area contributed by atoms with Crippen LogP contribution in [0.15, 0.2) is 36.7 Å². The standard InChI is InChI=1S/C17H23N5O/c23-17(7-6-14-8-10-18-11-9-14)19-12-16-21-20-13-22(16)15-4-2-1-3-5-15/h1-5,13-14,18H,6-12H2,(H,19,23). The molecule has 2 heterocycles. The van der Waals surface area contributed by atoms with Gasteiger partial charge in [-0.2, -0.15) is 0 Å². The van der Waals surface area contributed by atoms with E-state index in [4.69, 9.17) is 0 Å². The summed E-state index contributed by atoms with van der Waals surface area (Å²) in [5, 5.41) is 14.4. The topological polar surface area (TPSA) is 71.8 Å². The molecule has 1 amide bonds. The Morgan fingerprint density at radius 1 is 1.26 bits per heavy atom. The van der Waals surface area contributed by atoms with Crippen molar-refractivity contribution in [2.45, 2.75) is 32.2 Å².